The molecule has 1 atom stereocenters. The molecule has 2 aliphatic rings. The molecule has 110 valence electrons. The van der Waals surface area contributed by atoms with Crippen LogP contribution in [0.2, 0.25) is 0 Å². The van der Waals surface area contributed by atoms with E-state index in [-0.39, 0.29) is 17.7 Å². The molecular formula is C16H17FN2O2. The third-order valence-electron chi connectivity index (χ3n) is 4.54. The number of fused-ring (bicyclic) bond motifs is 3. The van der Waals surface area contributed by atoms with E-state index in [0.717, 1.165) is 54.4 Å². The van der Waals surface area contributed by atoms with Gasteiger partial charge < -0.3 is 9.72 Å². The number of aromatic nitrogens is 1. The zero-order chi connectivity index (χ0) is 14.4. The van der Waals surface area contributed by atoms with Gasteiger partial charge in [-0.15, -0.1) is 0 Å². The summed E-state index contributed by atoms with van der Waals surface area (Å²) in [6.45, 7) is 0.721. The number of aromatic amines is 1. The highest BCUT2D eigenvalue weighted by atomic mass is 19.1. The van der Waals surface area contributed by atoms with Crippen LogP contribution in [0, 0.1) is 11.7 Å². The standard InChI is InChI=1S/C16H17FN2O2/c17-10-4-5-13-12(8-10)11-6-7-18-15(14(11)19-13)21-16(20)9-2-1-3-9/h4-5,8-9,15,18-19H,1-3,6-7H2. The van der Waals surface area contributed by atoms with Gasteiger partial charge in [-0.05, 0) is 43.0 Å². The van der Waals surface area contributed by atoms with Crippen molar-refractivity contribution in [2.24, 2.45) is 5.92 Å². The van der Waals surface area contributed by atoms with Crippen LogP contribution in [-0.2, 0) is 16.0 Å². The maximum Gasteiger partial charge on any atom is 0.310 e. The Kier molecular flexibility index (Phi) is 2.96. The fourth-order valence-corrected chi connectivity index (χ4v) is 3.12. The number of hydrogen-bond donors (Lipinski definition) is 2. The summed E-state index contributed by atoms with van der Waals surface area (Å²) in [6.07, 6.45) is 3.31. The number of nitrogens with one attached hydrogen (secondary N) is 2. The molecule has 0 amide bonds. The minimum absolute atomic E-state index is 0.0546. The van der Waals surface area contributed by atoms with Crippen molar-refractivity contribution in [3.05, 3.63) is 35.3 Å². The summed E-state index contributed by atoms with van der Waals surface area (Å²) in [4.78, 5) is 15.3. The summed E-state index contributed by atoms with van der Waals surface area (Å²) >= 11 is 0. The Labute approximate surface area is 121 Å². The highest BCUT2D eigenvalue weighted by Crippen LogP contribution is 2.33. The number of esters is 1. The van der Waals surface area contributed by atoms with Crippen LogP contribution in [0.1, 0.15) is 36.7 Å². The Morgan fingerprint density at radius 2 is 2.19 bits per heavy atom. The van der Waals surface area contributed by atoms with Gasteiger partial charge in [0.25, 0.3) is 0 Å². The van der Waals surface area contributed by atoms with Gasteiger partial charge >= 0.3 is 5.97 Å². The number of carbonyl (C=O) groups excluding carboxylic acids is 1. The van der Waals surface area contributed by atoms with Crippen LogP contribution >= 0.6 is 0 Å². The summed E-state index contributed by atoms with van der Waals surface area (Å²) in [7, 11) is 0. The number of hydrogen-bond acceptors (Lipinski definition) is 3. The van der Waals surface area contributed by atoms with Crippen molar-refractivity contribution >= 4 is 16.9 Å². The molecule has 1 unspecified atom stereocenters. The molecule has 1 aliphatic heterocycles. The first kappa shape index (κ1) is 12.8. The Bertz CT molecular complexity index is 706. The van der Waals surface area contributed by atoms with Crippen LogP contribution in [0.3, 0.4) is 0 Å². The lowest BCUT2D eigenvalue weighted by atomic mass is 9.86. The van der Waals surface area contributed by atoms with Gasteiger partial charge in [0.05, 0.1) is 11.6 Å². The Hall–Kier alpha value is -1.88. The molecule has 5 heteroatoms. The maximum absolute atomic E-state index is 13.4. The minimum atomic E-state index is -0.447. The van der Waals surface area contributed by atoms with Crippen molar-refractivity contribution in [3.8, 4) is 0 Å². The van der Waals surface area contributed by atoms with Crippen molar-refractivity contribution in [3.63, 3.8) is 0 Å². The molecule has 2 N–H and O–H groups in total. The van der Waals surface area contributed by atoms with Gasteiger partial charge in [0.1, 0.15) is 5.82 Å². The summed E-state index contributed by atoms with van der Waals surface area (Å²) in [5.41, 5.74) is 2.79. The molecule has 1 saturated carbocycles. The van der Waals surface area contributed by atoms with E-state index in [1.807, 2.05) is 0 Å². The van der Waals surface area contributed by atoms with E-state index >= 15 is 0 Å². The topological polar surface area (TPSA) is 54.1 Å². The molecule has 4 nitrogen and oxygen atoms in total. The van der Waals surface area contributed by atoms with Crippen molar-refractivity contribution in [2.75, 3.05) is 6.54 Å². The minimum Gasteiger partial charge on any atom is -0.440 e. The van der Waals surface area contributed by atoms with Crippen molar-refractivity contribution in [2.45, 2.75) is 31.9 Å². The van der Waals surface area contributed by atoms with Crippen LogP contribution in [-0.4, -0.2) is 17.5 Å². The third-order valence-corrected chi connectivity index (χ3v) is 4.54. The molecule has 1 fully saturated rings. The molecule has 0 bridgehead atoms. The first-order valence-corrected chi connectivity index (χ1v) is 7.46. The highest BCUT2D eigenvalue weighted by Gasteiger charge is 2.32. The normalized spacial score (nSPS) is 21.9. The van der Waals surface area contributed by atoms with E-state index in [9.17, 15) is 9.18 Å². The number of ether oxygens (including phenoxy) is 1. The summed E-state index contributed by atoms with van der Waals surface area (Å²) in [6, 6.07) is 4.71. The van der Waals surface area contributed by atoms with Crippen LogP contribution in [0.15, 0.2) is 18.2 Å². The number of rotatable bonds is 2. The molecule has 2 aromatic rings. The Morgan fingerprint density at radius 3 is 2.95 bits per heavy atom. The number of benzene rings is 1. The van der Waals surface area contributed by atoms with Gasteiger partial charge in [-0.25, -0.2) is 4.39 Å². The van der Waals surface area contributed by atoms with Crippen LogP contribution in [0.25, 0.3) is 10.9 Å². The van der Waals surface area contributed by atoms with Crippen LogP contribution in [0.5, 0.6) is 0 Å². The lowest BCUT2D eigenvalue weighted by Crippen LogP contribution is -2.35. The van der Waals surface area contributed by atoms with Gasteiger partial charge in [0, 0.05) is 17.4 Å². The first-order valence-electron chi connectivity index (χ1n) is 7.46. The van der Waals surface area contributed by atoms with E-state index in [1.54, 1.807) is 12.1 Å². The summed E-state index contributed by atoms with van der Waals surface area (Å²) in [5.74, 6) is -0.318. The Morgan fingerprint density at radius 1 is 1.33 bits per heavy atom. The van der Waals surface area contributed by atoms with E-state index < -0.39 is 6.23 Å². The van der Waals surface area contributed by atoms with Gasteiger partial charge in [0.15, 0.2) is 6.23 Å². The van der Waals surface area contributed by atoms with E-state index in [0.29, 0.717) is 0 Å². The number of H-pyrrole nitrogens is 1. The maximum atomic E-state index is 13.4. The van der Waals surface area contributed by atoms with Gasteiger partial charge in [-0.1, -0.05) is 6.42 Å². The zero-order valence-electron chi connectivity index (χ0n) is 11.6. The molecule has 0 spiro atoms. The first-order chi connectivity index (χ1) is 10.2. The molecule has 2 heterocycles. The average molecular weight is 288 g/mol. The van der Waals surface area contributed by atoms with Crippen molar-refractivity contribution < 1.29 is 13.9 Å². The summed E-state index contributed by atoms with van der Waals surface area (Å²) in [5, 5.41) is 4.10. The Balaban J connectivity index is 1.67. The van der Waals surface area contributed by atoms with Crippen LogP contribution in [0.4, 0.5) is 4.39 Å². The van der Waals surface area contributed by atoms with Gasteiger partial charge in [0.2, 0.25) is 0 Å². The second kappa shape index (κ2) is 4.84. The monoisotopic (exact) mass is 288 g/mol. The molecule has 1 aromatic heterocycles. The highest BCUT2D eigenvalue weighted by molar-refractivity contribution is 5.85. The van der Waals surface area contributed by atoms with Crippen molar-refractivity contribution in [1.82, 2.24) is 10.3 Å². The zero-order valence-corrected chi connectivity index (χ0v) is 11.6. The molecule has 0 radical (unpaired) electrons. The molecule has 21 heavy (non-hydrogen) atoms. The van der Waals surface area contributed by atoms with E-state index in [4.69, 9.17) is 4.74 Å². The fourth-order valence-electron chi connectivity index (χ4n) is 3.12. The lowest BCUT2D eigenvalue weighted by Gasteiger charge is -2.29. The fraction of sp³-hybridized carbons (Fsp3) is 0.438. The average Bonchev–Trinajstić information content (AvgIpc) is 2.76. The van der Waals surface area contributed by atoms with E-state index in [2.05, 4.69) is 10.3 Å². The largest absolute Gasteiger partial charge is 0.440 e. The van der Waals surface area contributed by atoms with E-state index in [1.165, 1.54) is 6.07 Å². The molecule has 0 saturated heterocycles. The van der Waals surface area contributed by atoms with Crippen molar-refractivity contribution in [1.29, 1.82) is 0 Å². The smallest absolute Gasteiger partial charge is 0.310 e. The summed E-state index contributed by atoms with van der Waals surface area (Å²) < 4.78 is 19.0. The predicted octanol–water partition coefficient (Wildman–Crippen LogP) is 2.79. The second-order valence-corrected chi connectivity index (χ2v) is 5.86. The number of halogens is 1. The number of carbonyl (C=O) groups is 1. The molecule has 1 aromatic carbocycles. The third kappa shape index (κ3) is 2.12. The molecular weight excluding hydrogens is 271 g/mol. The van der Waals surface area contributed by atoms with Gasteiger partial charge in [-0.3, -0.25) is 10.1 Å². The van der Waals surface area contributed by atoms with Crippen LogP contribution < -0.4 is 5.32 Å². The SMILES string of the molecule is O=C(OC1NCCc2c1[nH]c1ccc(F)cc21)C1CCC1. The molecule has 4 rings (SSSR count). The quantitative estimate of drug-likeness (QED) is 0.836. The van der Waals surface area contributed by atoms with Gasteiger partial charge in [-0.2, -0.15) is 0 Å². The lowest BCUT2D eigenvalue weighted by molar-refractivity contribution is -0.159. The second-order valence-electron chi connectivity index (χ2n) is 5.86. The molecule has 1 aliphatic carbocycles. The predicted molar refractivity (Wildman–Crippen MR) is 76.1 cm³/mol.